The molecule has 130 valence electrons. The van der Waals surface area contributed by atoms with E-state index in [1.807, 2.05) is 51.1 Å². The third-order valence-corrected chi connectivity index (χ3v) is 5.11. The minimum atomic E-state index is -0.996. The van der Waals surface area contributed by atoms with E-state index in [0.717, 1.165) is 27.5 Å². The molecule has 2 atom stereocenters. The van der Waals surface area contributed by atoms with Gasteiger partial charge in [-0.1, -0.05) is 12.1 Å². The Balaban J connectivity index is 1.98. The molecule has 0 aliphatic heterocycles. The van der Waals surface area contributed by atoms with Gasteiger partial charge < -0.3 is 14.6 Å². The van der Waals surface area contributed by atoms with E-state index in [2.05, 4.69) is 5.32 Å². The summed E-state index contributed by atoms with van der Waals surface area (Å²) in [5.41, 5.74) is 1.98. The summed E-state index contributed by atoms with van der Waals surface area (Å²) in [5, 5.41) is 2.91. The van der Waals surface area contributed by atoms with Crippen molar-refractivity contribution in [2.45, 2.75) is 38.3 Å². The normalized spacial score (nSPS) is 13.4. The Labute approximate surface area is 145 Å². The number of urea groups is 1. The number of hydrogen-bond donors (Lipinski definition) is 1. The van der Waals surface area contributed by atoms with Crippen molar-refractivity contribution in [3.8, 4) is 0 Å². The molecule has 2 aromatic rings. The first-order valence-electron chi connectivity index (χ1n) is 7.79. The van der Waals surface area contributed by atoms with Gasteiger partial charge in [0.25, 0.3) is 0 Å². The van der Waals surface area contributed by atoms with E-state index < -0.39 is 10.8 Å². The summed E-state index contributed by atoms with van der Waals surface area (Å²) in [6, 6.07) is 9.20. The Hall–Kier alpha value is -2.08. The van der Waals surface area contributed by atoms with Crippen LogP contribution in [0.4, 0.5) is 4.79 Å². The maximum absolute atomic E-state index is 12.4. The molecule has 1 aromatic heterocycles. The van der Waals surface area contributed by atoms with Gasteiger partial charge in [-0.05, 0) is 44.5 Å². The molecule has 0 aliphatic rings. The van der Waals surface area contributed by atoms with Crippen LogP contribution in [0, 0.1) is 13.8 Å². The van der Waals surface area contributed by atoms with Gasteiger partial charge in [-0.25, -0.2) is 4.79 Å². The molecule has 6 heteroatoms. The molecule has 0 fully saturated rings. The summed E-state index contributed by atoms with van der Waals surface area (Å²) >= 11 is 0. The number of rotatable bonds is 5. The highest BCUT2D eigenvalue weighted by Crippen LogP contribution is 2.20. The van der Waals surface area contributed by atoms with Crippen LogP contribution in [0.25, 0.3) is 0 Å². The zero-order valence-electron chi connectivity index (χ0n) is 14.8. The molecule has 1 aromatic carbocycles. The van der Waals surface area contributed by atoms with Crippen LogP contribution in [0.2, 0.25) is 0 Å². The van der Waals surface area contributed by atoms with Crippen LogP contribution in [0.5, 0.6) is 0 Å². The number of furan rings is 1. The highest BCUT2D eigenvalue weighted by atomic mass is 32.2. The molecule has 0 saturated heterocycles. The second kappa shape index (κ2) is 7.66. The summed E-state index contributed by atoms with van der Waals surface area (Å²) < 4.78 is 16.9. The van der Waals surface area contributed by atoms with Crippen LogP contribution in [0.1, 0.15) is 35.6 Å². The number of benzene rings is 1. The van der Waals surface area contributed by atoms with Crippen molar-refractivity contribution in [1.82, 2.24) is 10.2 Å². The van der Waals surface area contributed by atoms with Gasteiger partial charge in [-0.2, -0.15) is 0 Å². The van der Waals surface area contributed by atoms with Crippen molar-refractivity contribution in [3.63, 3.8) is 0 Å². The summed E-state index contributed by atoms with van der Waals surface area (Å²) in [5.74, 6) is 1.67. The van der Waals surface area contributed by atoms with Gasteiger partial charge in [0.1, 0.15) is 11.5 Å². The Morgan fingerprint density at radius 3 is 2.42 bits per heavy atom. The average Bonchev–Trinajstić information content (AvgIpc) is 2.88. The molecule has 1 heterocycles. The highest BCUT2D eigenvalue weighted by molar-refractivity contribution is 7.84. The summed E-state index contributed by atoms with van der Waals surface area (Å²) in [4.78, 5) is 14.8. The predicted octanol–water partition coefficient (Wildman–Crippen LogP) is 3.54. The van der Waals surface area contributed by atoms with Crippen LogP contribution in [0.3, 0.4) is 0 Å². The van der Waals surface area contributed by atoms with Crippen LogP contribution in [-0.2, 0) is 17.3 Å². The standard InChI is InChI=1S/C18H24N2O3S/c1-12-10-16(14(3)23-12)11-19-18(21)20(4)13(2)15-6-8-17(9-7-15)24(5)22/h6-10,13H,11H2,1-5H3,(H,19,21)/t13-,24+/m1/s1. The van der Waals surface area contributed by atoms with E-state index in [4.69, 9.17) is 4.42 Å². The summed E-state index contributed by atoms with van der Waals surface area (Å²) in [6.07, 6.45) is 1.65. The lowest BCUT2D eigenvalue weighted by Gasteiger charge is -2.25. The van der Waals surface area contributed by atoms with Gasteiger partial charge in [0.2, 0.25) is 0 Å². The second-order valence-corrected chi connectivity index (χ2v) is 7.29. The van der Waals surface area contributed by atoms with Gasteiger partial charge in [-0.15, -0.1) is 0 Å². The predicted molar refractivity (Wildman–Crippen MR) is 95.4 cm³/mol. The molecule has 0 bridgehead atoms. The monoisotopic (exact) mass is 348 g/mol. The number of hydrogen-bond acceptors (Lipinski definition) is 3. The van der Waals surface area contributed by atoms with E-state index >= 15 is 0 Å². The average molecular weight is 348 g/mol. The highest BCUT2D eigenvalue weighted by Gasteiger charge is 2.18. The SMILES string of the molecule is Cc1cc(CNC(=O)N(C)[C@H](C)c2ccc([S@](C)=O)cc2)c(C)o1. The van der Waals surface area contributed by atoms with E-state index in [1.54, 1.807) is 18.2 Å². The second-order valence-electron chi connectivity index (χ2n) is 5.91. The van der Waals surface area contributed by atoms with Crippen molar-refractivity contribution in [1.29, 1.82) is 0 Å². The smallest absolute Gasteiger partial charge is 0.317 e. The maximum Gasteiger partial charge on any atom is 0.317 e. The third-order valence-electron chi connectivity index (χ3n) is 4.17. The van der Waals surface area contributed by atoms with Gasteiger partial charge in [0.15, 0.2) is 0 Å². The van der Waals surface area contributed by atoms with Gasteiger partial charge in [-0.3, -0.25) is 4.21 Å². The lowest BCUT2D eigenvalue weighted by molar-refractivity contribution is 0.194. The first-order chi connectivity index (χ1) is 11.3. The topological polar surface area (TPSA) is 62.6 Å². The van der Waals surface area contributed by atoms with Crippen molar-refractivity contribution >= 4 is 16.8 Å². The minimum Gasteiger partial charge on any atom is -0.466 e. The largest absolute Gasteiger partial charge is 0.466 e. The van der Waals surface area contributed by atoms with Crippen LogP contribution < -0.4 is 5.32 Å². The number of nitrogens with zero attached hydrogens (tertiary/aromatic N) is 1. The van der Waals surface area contributed by atoms with E-state index in [0.29, 0.717) is 6.54 Å². The first kappa shape index (κ1) is 18.3. The molecule has 0 unspecified atom stereocenters. The quantitative estimate of drug-likeness (QED) is 0.899. The maximum atomic E-state index is 12.4. The minimum absolute atomic E-state index is 0.0866. The number of amides is 2. The van der Waals surface area contributed by atoms with Gasteiger partial charge >= 0.3 is 6.03 Å². The van der Waals surface area contributed by atoms with Gasteiger partial charge in [0, 0.05) is 41.1 Å². The van der Waals surface area contributed by atoms with Crippen molar-refractivity contribution < 1.29 is 13.4 Å². The van der Waals surface area contributed by atoms with E-state index in [9.17, 15) is 9.00 Å². The lowest BCUT2D eigenvalue weighted by atomic mass is 10.1. The molecule has 0 aliphatic carbocycles. The molecule has 0 radical (unpaired) electrons. The van der Waals surface area contributed by atoms with Crippen molar-refractivity contribution in [3.05, 3.63) is 53.0 Å². The molecule has 5 nitrogen and oxygen atoms in total. The molecular formula is C18H24N2O3S. The summed E-state index contributed by atoms with van der Waals surface area (Å²) in [6.45, 7) is 6.18. The molecule has 1 N–H and O–H groups in total. The number of carbonyl (C=O) groups excluding carboxylic acids is 1. The fourth-order valence-corrected chi connectivity index (χ4v) is 3.01. The fourth-order valence-electron chi connectivity index (χ4n) is 2.49. The van der Waals surface area contributed by atoms with E-state index in [1.165, 1.54) is 0 Å². The molecule has 2 rings (SSSR count). The number of carbonyl (C=O) groups is 1. The Bertz CT molecular complexity index is 737. The molecule has 2 amide bonds. The zero-order valence-corrected chi connectivity index (χ0v) is 15.6. The first-order valence-corrected chi connectivity index (χ1v) is 9.35. The fraction of sp³-hybridized carbons (Fsp3) is 0.389. The molecule has 24 heavy (non-hydrogen) atoms. The van der Waals surface area contributed by atoms with Crippen LogP contribution >= 0.6 is 0 Å². The Morgan fingerprint density at radius 2 is 1.92 bits per heavy atom. The lowest BCUT2D eigenvalue weighted by Crippen LogP contribution is -2.38. The third kappa shape index (κ3) is 4.26. The zero-order chi connectivity index (χ0) is 17.9. The molecule has 0 saturated carbocycles. The number of aryl methyl sites for hydroxylation is 2. The Kier molecular flexibility index (Phi) is 5.83. The van der Waals surface area contributed by atoms with Crippen LogP contribution in [0.15, 0.2) is 39.6 Å². The van der Waals surface area contributed by atoms with Gasteiger partial charge in [0.05, 0.1) is 6.04 Å². The number of nitrogens with one attached hydrogen (secondary N) is 1. The summed E-state index contributed by atoms with van der Waals surface area (Å²) in [7, 11) is 0.767. The Morgan fingerprint density at radius 1 is 1.29 bits per heavy atom. The van der Waals surface area contributed by atoms with Crippen molar-refractivity contribution in [2.75, 3.05) is 13.3 Å². The van der Waals surface area contributed by atoms with E-state index in [-0.39, 0.29) is 12.1 Å². The van der Waals surface area contributed by atoms with Crippen LogP contribution in [-0.4, -0.2) is 28.4 Å². The van der Waals surface area contributed by atoms with Crippen molar-refractivity contribution in [2.24, 2.45) is 0 Å². The molecule has 0 spiro atoms. The molecular weight excluding hydrogens is 324 g/mol.